The number of carbonyl (C=O) groups is 11. The molecule has 0 radical (unpaired) electrons. The van der Waals surface area contributed by atoms with Gasteiger partial charge in [0.25, 0.3) is 0 Å². The van der Waals surface area contributed by atoms with Crippen molar-refractivity contribution < 1.29 is 87.7 Å². The normalized spacial score (nSPS) is 12.6. The van der Waals surface area contributed by atoms with Gasteiger partial charge in [-0.2, -0.15) is 0 Å². The number of aliphatic carboxylic acids is 5. The molecule has 6 amide bonds. The van der Waals surface area contributed by atoms with Crippen LogP contribution in [0.15, 0.2) is 0 Å². The zero-order chi connectivity index (χ0) is 51.1. The molecule has 0 spiro atoms. The number of carboxylic acid groups (broad SMARTS) is 5. The maximum absolute atomic E-state index is 12.5. The fourth-order valence-corrected chi connectivity index (χ4v) is 6.60. The number of primary amides is 1. The number of rotatable bonds is 45. The molecule has 0 aromatic carbocycles. The predicted molar refractivity (Wildman–Crippen MR) is 241 cm³/mol. The van der Waals surface area contributed by atoms with Gasteiger partial charge >= 0.3 is 29.8 Å². The first-order valence-corrected chi connectivity index (χ1v) is 23.3. The lowest BCUT2D eigenvalue weighted by Gasteiger charge is -2.17. The summed E-state index contributed by atoms with van der Waals surface area (Å²) in [6.07, 6.45) is 12.0. The Kier molecular flexibility index (Phi) is 35.7. The smallest absolute Gasteiger partial charge is 0.326 e. The molecule has 388 valence electrons. The molecule has 0 aliphatic carbocycles. The van der Waals surface area contributed by atoms with Gasteiger partial charge in [-0.15, -0.1) is 0 Å². The standard InChI is InChI=1S/C44H74N6O18/c45-34(51)21-17-30(41(59)60)48-37(54)24-20-33(44(65)66)50-39(56)29-68-28-27-67-26-25-46-35(52)22-18-31(42(61)62)49-38(55)23-19-32(43(63)64)47-36(53)15-13-11-9-7-5-3-1-2-4-6-8-10-12-14-16-40(57)58/h30-33H,1-29H2,(H2,45,51)(H,46,52)(H,47,53)(H,48,54)(H,49,55)(H,50,56)(H,57,58)(H,59,60)(H,61,62)(H,63,64)(H,65,66). The number of hydrogen-bond donors (Lipinski definition) is 11. The number of unbranched alkanes of at least 4 members (excludes halogenated alkanes) is 13. The summed E-state index contributed by atoms with van der Waals surface area (Å²) in [6, 6.07) is -5.70. The molecular formula is C44H74N6O18. The van der Waals surface area contributed by atoms with E-state index in [2.05, 4.69) is 26.6 Å². The van der Waals surface area contributed by atoms with Gasteiger partial charge in [0.1, 0.15) is 30.8 Å². The van der Waals surface area contributed by atoms with Gasteiger partial charge in [-0.25, -0.2) is 19.2 Å². The van der Waals surface area contributed by atoms with Crippen molar-refractivity contribution >= 4 is 65.3 Å². The van der Waals surface area contributed by atoms with Crippen molar-refractivity contribution in [2.75, 3.05) is 33.0 Å². The Morgan fingerprint density at radius 3 is 1.07 bits per heavy atom. The van der Waals surface area contributed by atoms with Gasteiger partial charge in [0.05, 0.1) is 19.8 Å². The second-order valence-corrected chi connectivity index (χ2v) is 16.3. The maximum atomic E-state index is 12.5. The quantitative estimate of drug-likeness (QED) is 0.0384. The average Bonchev–Trinajstić information content (AvgIpc) is 3.26. The summed E-state index contributed by atoms with van der Waals surface area (Å²) in [5, 5.41) is 57.9. The highest BCUT2D eigenvalue weighted by atomic mass is 16.5. The molecule has 12 N–H and O–H groups in total. The summed E-state index contributed by atoms with van der Waals surface area (Å²) < 4.78 is 10.4. The number of nitrogens with two attached hydrogens (primary N) is 1. The summed E-state index contributed by atoms with van der Waals surface area (Å²) in [7, 11) is 0. The van der Waals surface area contributed by atoms with Gasteiger partial charge in [-0.1, -0.05) is 77.0 Å². The van der Waals surface area contributed by atoms with Crippen molar-refractivity contribution in [2.24, 2.45) is 5.73 Å². The van der Waals surface area contributed by atoms with Crippen LogP contribution in [0, 0.1) is 0 Å². The molecule has 4 unspecified atom stereocenters. The van der Waals surface area contributed by atoms with E-state index in [0.29, 0.717) is 6.42 Å². The van der Waals surface area contributed by atoms with E-state index in [9.17, 15) is 73.2 Å². The molecule has 4 atom stereocenters. The van der Waals surface area contributed by atoms with Crippen LogP contribution in [0.2, 0.25) is 0 Å². The first-order valence-electron chi connectivity index (χ1n) is 23.3. The largest absolute Gasteiger partial charge is 0.481 e. The van der Waals surface area contributed by atoms with Crippen LogP contribution in [0.3, 0.4) is 0 Å². The zero-order valence-corrected chi connectivity index (χ0v) is 38.9. The zero-order valence-electron chi connectivity index (χ0n) is 38.9. The molecule has 0 heterocycles. The van der Waals surface area contributed by atoms with Crippen molar-refractivity contribution in [3.05, 3.63) is 0 Å². The highest BCUT2D eigenvalue weighted by Crippen LogP contribution is 2.14. The van der Waals surface area contributed by atoms with E-state index in [4.69, 9.17) is 20.3 Å². The van der Waals surface area contributed by atoms with Crippen LogP contribution < -0.4 is 32.3 Å². The second-order valence-electron chi connectivity index (χ2n) is 16.3. The monoisotopic (exact) mass is 975 g/mol. The number of carboxylic acids is 5. The maximum Gasteiger partial charge on any atom is 0.326 e. The molecule has 0 aliphatic heterocycles. The minimum Gasteiger partial charge on any atom is -0.481 e. The van der Waals surface area contributed by atoms with Crippen LogP contribution in [-0.4, -0.2) is 148 Å². The minimum absolute atomic E-state index is 0.0000724. The number of hydrogen-bond acceptors (Lipinski definition) is 13. The molecule has 0 saturated carbocycles. The first kappa shape index (κ1) is 62.1. The van der Waals surface area contributed by atoms with Crippen molar-refractivity contribution in [3.8, 4) is 0 Å². The molecule has 0 aromatic heterocycles. The number of carbonyl (C=O) groups excluding carboxylic acids is 6. The molecule has 68 heavy (non-hydrogen) atoms. The minimum atomic E-state index is -1.49. The molecule has 0 bridgehead atoms. The van der Waals surface area contributed by atoms with E-state index in [1.165, 1.54) is 25.7 Å². The lowest BCUT2D eigenvalue weighted by Crippen LogP contribution is -2.45. The lowest BCUT2D eigenvalue weighted by molar-refractivity contribution is -0.144. The van der Waals surface area contributed by atoms with Gasteiger partial charge < -0.3 is 67.3 Å². The van der Waals surface area contributed by atoms with Gasteiger partial charge in [0.15, 0.2) is 0 Å². The molecule has 0 aliphatic rings. The van der Waals surface area contributed by atoms with Crippen molar-refractivity contribution in [1.29, 1.82) is 0 Å². The summed E-state index contributed by atoms with van der Waals surface area (Å²) in [6.45, 7) is -0.679. The summed E-state index contributed by atoms with van der Waals surface area (Å²) in [4.78, 5) is 129. The number of amides is 6. The van der Waals surface area contributed by atoms with Crippen LogP contribution in [0.5, 0.6) is 0 Å². The van der Waals surface area contributed by atoms with Crippen LogP contribution >= 0.6 is 0 Å². The molecule has 0 saturated heterocycles. The van der Waals surface area contributed by atoms with Crippen molar-refractivity contribution in [3.63, 3.8) is 0 Å². The summed E-state index contributed by atoms with van der Waals surface area (Å²) in [5.74, 6) is -10.5. The van der Waals surface area contributed by atoms with Crippen molar-refractivity contribution in [2.45, 2.75) is 178 Å². The Hall–Kier alpha value is -5.91. The second kappa shape index (κ2) is 39.1. The van der Waals surface area contributed by atoms with E-state index in [-0.39, 0.29) is 77.7 Å². The third-order valence-electron chi connectivity index (χ3n) is 10.4. The Morgan fingerprint density at radius 1 is 0.368 bits per heavy atom. The summed E-state index contributed by atoms with van der Waals surface area (Å²) >= 11 is 0. The SMILES string of the molecule is NC(=O)CCC(NC(=O)CCC(NC(=O)COCCOCCNC(=O)CCC(NC(=O)CCC(NC(=O)CCCCCCCCCCCCCCCCC(=O)O)C(=O)O)C(=O)O)C(=O)O)C(=O)O. The van der Waals surface area contributed by atoms with Gasteiger partial charge in [0.2, 0.25) is 35.4 Å². The number of ether oxygens (including phenoxy) is 2. The first-order chi connectivity index (χ1) is 32.3. The van der Waals surface area contributed by atoms with E-state index in [0.717, 1.165) is 57.8 Å². The number of nitrogens with one attached hydrogen (secondary N) is 5. The molecule has 0 fully saturated rings. The molecule has 0 aromatic rings. The summed E-state index contributed by atoms with van der Waals surface area (Å²) in [5.41, 5.74) is 4.99. The highest BCUT2D eigenvalue weighted by molar-refractivity contribution is 5.88. The van der Waals surface area contributed by atoms with E-state index in [1.807, 2.05) is 0 Å². The Bertz CT molecular complexity index is 1600. The van der Waals surface area contributed by atoms with Gasteiger partial charge in [-0.3, -0.25) is 33.6 Å². The average molecular weight is 975 g/mol. The molecular weight excluding hydrogens is 901 g/mol. The van der Waals surface area contributed by atoms with Crippen LogP contribution in [0.25, 0.3) is 0 Å². The van der Waals surface area contributed by atoms with Crippen LogP contribution in [-0.2, 0) is 62.2 Å². The molecule has 0 rings (SSSR count). The third kappa shape index (κ3) is 36.2. The van der Waals surface area contributed by atoms with Crippen molar-refractivity contribution in [1.82, 2.24) is 26.6 Å². The highest BCUT2D eigenvalue weighted by Gasteiger charge is 2.26. The topological polar surface area (TPSA) is 394 Å². The predicted octanol–water partition coefficient (Wildman–Crippen LogP) is 1.35. The van der Waals surface area contributed by atoms with Crippen LogP contribution in [0.1, 0.15) is 154 Å². The van der Waals surface area contributed by atoms with E-state index in [1.54, 1.807) is 0 Å². The molecule has 24 heteroatoms. The van der Waals surface area contributed by atoms with E-state index < -0.39 is 109 Å². The molecule has 24 nitrogen and oxygen atoms in total. The fourth-order valence-electron chi connectivity index (χ4n) is 6.60. The Labute approximate surface area is 395 Å². The van der Waals surface area contributed by atoms with E-state index >= 15 is 0 Å². The third-order valence-corrected chi connectivity index (χ3v) is 10.4. The Morgan fingerprint density at radius 2 is 0.691 bits per heavy atom. The fraction of sp³-hybridized carbons (Fsp3) is 0.750. The van der Waals surface area contributed by atoms with Gasteiger partial charge in [-0.05, 0) is 38.5 Å². The van der Waals surface area contributed by atoms with Gasteiger partial charge in [0, 0.05) is 45.1 Å². The Balaban J connectivity index is 4.23. The lowest BCUT2D eigenvalue weighted by atomic mass is 10.0. The van der Waals surface area contributed by atoms with Crippen LogP contribution in [0.4, 0.5) is 0 Å².